The third-order valence-electron chi connectivity index (χ3n) is 4.69. The first-order chi connectivity index (χ1) is 14.7. The molecule has 0 bridgehead atoms. The van der Waals surface area contributed by atoms with Crippen molar-refractivity contribution in [1.29, 1.82) is 0 Å². The van der Waals surface area contributed by atoms with Crippen LogP contribution in [-0.2, 0) is 11.3 Å². The molecule has 1 aliphatic rings. The topological polar surface area (TPSA) is 89.4 Å². The van der Waals surface area contributed by atoms with E-state index in [9.17, 15) is 4.79 Å². The molecule has 30 heavy (non-hydrogen) atoms. The van der Waals surface area contributed by atoms with Gasteiger partial charge in [0.2, 0.25) is 5.82 Å². The van der Waals surface area contributed by atoms with Crippen molar-refractivity contribution < 1.29 is 9.21 Å². The van der Waals surface area contributed by atoms with Crippen molar-refractivity contribution in [3.05, 3.63) is 75.3 Å². The molecule has 0 saturated heterocycles. The van der Waals surface area contributed by atoms with Gasteiger partial charge in [-0.3, -0.25) is 4.79 Å². The summed E-state index contributed by atoms with van der Waals surface area (Å²) in [5.74, 6) is 0.903. The largest absolute Gasteiger partial charge is 0.467 e. The zero-order valence-electron chi connectivity index (χ0n) is 15.6. The fourth-order valence-electron chi connectivity index (χ4n) is 3.29. The van der Waals surface area contributed by atoms with Gasteiger partial charge in [-0.1, -0.05) is 34.1 Å². The Bertz CT molecular complexity index is 1200. The molecule has 4 heterocycles. The molecule has 0 aliphatic carbocycles. The van der Waals surface area contributed by atoms with Gasteiger partial charge in [0, 0.05) is 16.5 Å². The number of benzene rings is 1. The molecule has 0 N–H and O–H groups in total. The monoisotopic (exact) mass is 482 g/mol. The maximum atomic E-state index is 13.1. The first kappa shape index (κ1) is 18.9. The van der Waals surface area contributed by atoms with Crippen LogP contribution in [0.1, 0.15) is 23.1 Å². The van der Waals surface area contributed by atoms with Crippen molar-refractivity contribution in [3.63, 3.8) is 0 Å². The van der Waals surface area contributed by atoms with Crippen LogP contribution in [0.5, 0.6) is 0 Å². The second-order valence-corrected chi connectivity index (χ2v) is 8.42. The van der Waals surface area contributed by atoms with Crippen LogP contribution in [-0.4, -0.2) is 36.8 Å². The predicted octanol–water partition coefficient (Wildman–Crippen LogP) is 4.14. The number of carbonyl (C=O) groups is 1. The van der Waals surface area contributed by atoms with Crippen molar-refractivity contribution >= 4 is 38.9 Å². The number of thiophene rings is 1. The van der Waals surface area contributed by atoms with Gasteiger partial charge in [0.05, 0.1) is 16.9 Å². The highest BCUT2D eigenvalue weighted by Crippen LogP contribution is 2.34. The van der Waals surface area contributed by atoms with E-state index in [4.69, 9.17) is 4.42 Å². The highest BCUT2D eigenvalue weighted by Gasteiger charge is 2.35. The predicted molar refractivity (Wildman–Crippen MR) is 115 cm³/mol. The van der Waals surface area contributed by atoms with Gasteiger partial charge in [-0.05, 0) is 40.9 Å². The average molecular weight is 483 g/mol. The molecule has 150 valence electrons. The van der Waals surface area contributed by atoms with Crippen LogP contribution in [0, 0.1) is 0 Å². The number of tetrazole rings is 1. The van der Waals surface area contributed by atoms with Crippen molar-refractivity contribution in [2.24, 2.45) is 5.10 Å². The zero-order chi connectivity index (χ0) is 20.5. The first-order valence-electron chi connectivity index (χ1n) is 9.18. The lowest BCUT2D eigenvalue weighted by atomic mass is 10.1. The summed E-state index contributed by atoms with van der Waals surface area (Å²) in [4.78, 5) is 15.4. The lowest BCUT2D eigenvalue weighted by molar-refractivity contribution is -0.134. The SMILES string of the molecule is O=C(Cn1nnc(-c2ccccc2Br)n1)N1N=C(c2cccs2)CC1c1ccco1. The molecular weight excluding hydrogens is 468 g/mol. The molecule has 1 unspecified atom stereocenters. The van der Waals surface area contributed by atoms with Crippen LogP contribution in [0.2, 0.25) is 0 Å². The van der Waals surface area contributed by atoms with Gasteiger partial charge in [-0.15, -0.1) is 21.5 Å². The molecule has 0 fully saturated rings. The average Bonchev–Trinajstić information content (AvgIpc) is 3.54. The van der Waals surface area contributed by atoms with Crippen LogP contribution in [0.3, 0.4) is 0 Å². The Morgan fingerprint density at radius 2 is 2.10 bits per heavy atom. The number of aromatic nitrogens is 4. The third kappa shape index (κ3) is 3.59. The Labute approximate surface area is 183 Å². The van der Waals surface area contributed by atoms with Crippen molar-refractivity contribution in [3.8, 4) is 11.4 Å². The first-order valence-corrected chi connectivity index (χ1v) is 10.9. The van der Waals surface area contributed by atoms with E-state index in [1.54, 1.807) is 17.6 Å². The Hall–Kier alpha value is -3.11. The zero-order valence-corrected chi connectivity index (χ0v) is 18.0. The van der Waals surface area contributed by atoms with Gasteiger partial charge in [-0.2, -0.15) is 9.90 Å². The summed E-state index contributed by atoms with van der Waals surface area (Å²) >= 11 is 5.08. The third-order valence-corrected chi connectivity index (χ3v) is 6.30. The highest BCUT2D eigenvalue weighted by molar-refractivity contribution is 9.10. The molecule has 10 heteroatoms. The number of hydrogen-bond acceptors (Lipinski definition) is 7. The van der Waals surface area contributed by atoms with Gasteiger partial charge in [0.15, 0.2) is 0 Å². The number of rotatable bonds is 5. The molecule has 8 nitrogen and oxygen atoms in total. The van der Waals surface area contributed by atoms with E-state index in [2.05, 4.69) is 36.4 Å². The van der Waals surface area contributed by atoms with E-state index in [0.717, 1.165) is 20.6 Å². The van der Waals surface area contributed by atoms with Crippen molar-refractivity contribution in [1.82, 2.24) is 25.2 Å². The van der Waals surface area contributed by atoms with Gasteiger partial charge in [-0.25, -0.2) is 5.01 Å². The van der Waals surface area contributed by atoms with Crippen molar-refractivity contribution in [2.75, 3.05) is 0 Å². The minimum atomic E-state index is -0.296. The smallest absolute Gasteiger partial charge is 0.267 e. The summed E-state index contributed by atoms with van der Waals surface area (Å²) in [5.41, 5.74) is 1.67. The summed E-state index contributed by atoms with van der Waals surface area (Å²) in [5, 5.41) is 20.5. The molecule has 4 aromatic rings. The molecule has 0 radical (unpaired) electrons. The Morgan fingerprint density at radius 1 is 1.20 bits per heavy atom. The standard InChI is InChI=1S/C20H15BrN6O2S/c21-14-6-2-1-5-13(14)20-22-25-26(24-20)12-19(28)27-16(17-7-3-9-29-17)11-15(23-27)18-8-4-10-30-18/h1-10,16H,11-12H2. The molecule has 1 aromatic carbocycles. The van der Waals surface area contributed by atoms with E-state index < -0.39 is 0 Å². The summed E-state index contributed by atoms with van der Waals surface area (Å²) in [7, 11) is 0. The summed E-state index contributed by atoms with van der Waals surface area (Å²) in [6.45, 7) is -0.0735. The van der Waals surface area contributed by atoms with Gasteiger partial charge < -0.3 is 4.42 Å². The molecule has 0 spiro atoms. The normalized spacial score (nSPS) is 16.1. The van der Waals surface area contributed by atoms with Gasteiger partial charge in [0.25, 0.3) is 5.91 Å². The molecular formula is C20H15BrN6O2S. The molecule has 0 saturated carbocycles. The number of furan rings is 1. The van der Waals surface area contributed by atoms with E-state index in [1.165, 1.54) is 9.81 Å². The van der Waals surface area contributed by atoms with Crippen molar-refractivity contribution in [2.45, 2.75) is 19.0 Å². The molecule has 5 rings (SSSR count). The summed E-state index contributed by atoms with van der Waals surface area (Å²) in [6, 6.07) is 14.9. The lowest BCUT2D eigenvalue weighted by Gasteiger charge is -2.19. The van der Waals surface area contributed by atoms with Gasteiger partial charge in [0.1, 0.15) is 18.3 Å². The minimum absolute atomic E-state index is 0.0735. The van der Waals surface area contributed by atoms with E-state index >= 15 is 0 Å². The second kappa shape index (κ2) is 7.96. The second-order valence-electron chi connectivity index (χ2n) is 6.62. The Balaban J connectivity index is 1.39. The van der Waals surface area contributed by atoms with E-state index in [1.807, 2.05) is 53.9 Å². The quantitative estimate of drug-likeness (QED) is 0.426. The van der Waals surface area contributed by atoms with Crippen LogP contribution >= 0.6 is 27.3 Å². The number of nitrogens with zero attached hydrogens (tertiary/aromatic N) is 6. The Morgan fingerprint density at radius 3 is 2.87 bits per heavy atom. The van der Waals surface area contributed by atoms with Crippen LogP contribution in [0.15, 0.2) is 74.2 Å². The number of carbonyl (C=O) groups excluding carboxylic acids is 1. The van der Waals surface area contributed by atoms with Crippen LogP contribution < -0.4 is 0 Å². The summed E-state index contributed by atoms with van der Waals surface area (Å²) < 4.78 is 6.43. The number of hydrazone groups is 1. The Kier molecular flexibility index (Phi) is 5.01. The number of hydrogen-bond donors (Lipinski definition) is 0. The number of halogens is 1. The summed E-state index contributed by atoms with van der Waals surface area (Å²) in [6.07, 6.45) is 2.19. The molecule has 1 atom stereocenters. The highest BCUT2D eigenvalue weighted by atomic mass is 79.9. The van der Waals surface area contributed by atoms with Crippen LogP contribution in [0.4, 0.5) is 0 Å². The van der Waals surface area contributed by atoms with Gasteiger partial charge >= 0.3 is 0 Å². The minimum Gasteiger partial charge on any atom is -0.467 e. The lowest BCUT2D eigenvalue weighted by Crippen LogP contribution is -2.31. The maximum absolute atomic E-state index is 13.1. The molecule has 3 aromatic heterocycles. The van der Waals surface area contributed by atoms with E-state index in [0.29, 0.717) is 18.0 Å². The number of amides is 1. The van der Waals surface area contributed by atoms with E-state index in [-0.39, 0.29) is 18.5 Å². The molecule has 1 aliphatic heterocycles. The molecule has 1 amide bonds. The fraction of sp³-hybridized carbons (Fsp3) is 0.150. The fourth-order valence-corrected chi connectivity index (χ4v) is 4.47. The maximum Gasteiger partial charge on any atom is 0.267 e. The van der Waals surface area contributed by atoms with Crippen LogP contribution in [0.25, 0.3) is 11.4 Å².